The van der Waals surface area contributed by atoms with Crippen molar-refractivity contribution in [3.8, 4) is 0 Å². The molecule has 1 aliphatic heterocycles. The van der Waals surface area contributed by atoms with Crippen molar-refractivity contribution in [2.75, 3.05) is 17.6 Å². The number of nitrogens with two attached hydrogens (primary N) is 1. The van der Waals surface area contributed by atoms with Crippen LogP contribution in [0.3, 0.4) is 0 Å². The minimum Gasteiger partial charge on any atom is -0.398 e. The molecule has 1 aromatic carbocycles. The molecule has 2 heteroatoms. The lowest BCUT2D eigenvalue weighted by atomic mass is 10.1. The van der Waals surface area contributed by atoms with Gasteiger partial charge in [0.1, 0.15) is 0 Å². The highest BCUT2D eigenvalue weighted by molar-refractivity contribution is 5.78. The number of benzene rings is 1. The molecule has 0 bridgehead atoms. The summed E-state index contributed by atoms with van der Waals surface area (Å²) in [5.41, 5.74) is 8.83. The van der Waals surface area contributed by atoms with Crippen molar-refractivity contribution in [3.05, 3.63) is 29.8 Å². The molecule has 2 nitrogen and oxygen atoms in total. The number of nitrogens with one attached hydrogen (secondary N) is 1. The van der Waals surface area contributed by atoms with E-state index in [9.17, 15) is 0 Å². The van der Waals surface area contributed by atoms with Crippen LogP contribution in [-0.2, 0) is 0 Å². The van der Waals surface area contributed by atoms with E-state index < -0.39 is 0 Å². The van der Waals surface area contributed by atoms with Gasteiger partial charge >= 0.3 is 0 Å². The largest absolute Gasteiger partial charge is 0.398 e. The van der Waals surface area contributed by atoms with Gasteiger partial charge in [-0.3, -0.25) is 0 Å². The third-order valence-corrected chi connectivity index (χ3v) is 1.83. The van der Waals surface area contributed by atoms with E-state index in [1.165, 1.54) is 0 Å². The zero-order valence-electron chi connectivity index (χ0n) is 6.17. The normalized spacial score (nSPS) is 13.8. The van der Waals surface area contributed by atoms with Crippen LogP contribution in [0.4, 0.5) is 11.4 Å². The molecule has 0 aromatic heterocycles. The van der Waals surface area contributed by atoms with Gasteiger partial charge in [-0.05, 0) is 12.1 Å². The van der Waals surface area contributed by atoms with E-state index in [4.69, 9.17) is 5.73 Å². The summed E-state index contributed by atoms with van der Waals surface area (Å²) < 4.78 is 0. The van der Waals surface area contributed by atoms with Gasteiger partial charge in [0.05, 0.1) is 0 Å². The van der Waals surface area contributed by atoms with Gasteiger partial charge in [0.25, 0.3) is 0 Å². The van der Waals surface area contributed by atoms with Gasteiger partial charge in [0.15, 0.2) is 0 Å². The van der Waals surface area contributed by atoms with Crippen LogP contribution in [0.5, 0.6) is 0 Å². The Morgan fingerprint density at radius 2 is 2.27 bits per heavy atom. The Balaban J connectivity index is 2.60. The van der Waals surface area contributed by atoms with Gasteiger partial charge < -0.3 is 11.1 Å². The van der Waals surface area contributed by atoms with Crippen LogP contribution < -0.4 is 11.1 Å². The maximum atomic E-state index is 5.75. The number of nitrogen functional groups attached to an aromatic ring is 1. The van der Waals surface area contributed by atoms with E-state index in [0.29, 0.717) is 0 Å². The molecule has 2 rings (SSSR count). The Labute approximate surface area is 65.7 Å². The fourth-order valence-corrected chi connectivity index (χ4v) is 1.27. The van der Waals surface area contributed by atoms with E-state index in [1.54, 1.807) is 0 Å². The van der Waals surface area contributed by atoms with Gasteiger partial charge in [-0.25, -0.2) is 0 Å². The average Bonchev–Trinajstić information content (AvgIpc) is 2.06. The van der Waals surface area contributed by atoms with Crippen molar-refractivity contribution < 1.29 is 0 Å². The lowest BCUT2D eigenvalue weighted by Gasteiger charge is -2.13. The molecule has 0 saturated carbocycles. The first-order chi connectivity index (χ1) is 5.38. The lowest BCUT2D eigenvalue weighted by Crippen LogP contribution is -2.05. The molecule has 0 amide bonds. The molecule has 3 N–H and O–H groups in total. The zero-order chi connectivity index (χ0) is 7.68. The highest BCUT2D eigenvalue weighted by Gasteiger charge is 2.04. The Kier molecular flexibility index (Phi) is 1.32. The Morgan fingerprint density at radius 3 is 3.09 bits per heavy atom. The van der Waals surface area contributed by atoms with Gasteiger partial charge in [0.2, 0.25) is 0 Å². The van der Waals surface area contributed by atoms with Gasteiger partial charge in [-0.1, -0.05) is 18.2 Å². The summed E-state index contributed by atoms with van der Waals surface area (Å²) in [6, 6.07) is 5.91. The maximum absolute atomic E-state index is 5.75. The number of fused-ring (bicyclic) bond motifs is 1. The molecular weight excluding hydrogens is 136 g/mol. The van der Waals surface area contributed by atoms with Gasteiger partial charge in [0, 0.05) is 23.5 Å². The molecular formula is C9H10N2. The minimum atomic E-state index is 0.839. The second-order valence-corrected chi connectivity index (χ2v) is 2.59. The summed E-state index contributed by atoms with van der Waals surface area (Å²) in [7, 11) is 0. The smallest absolute Gasteiger partial charge is 0.0437 e. The molecule has 0 unspecified atom stereocenters. The molecule has 0 saturated heterocycles. The quantitative estimate of drug-likeness (QED) is 0.547. The van der Waals surface area contributed by atoms with Crippen molar-refractivity contribution in [1.82, 2.24) is 0 Å². The molecule has 0 aliphatic carbocycles. The monoisotopic (exact) mass is 146 g/mol. The molecule has 0 spiro atoms. The summed E-state index contributed by atoms with van der Waals surface area (Å²) in [4.78, 5) is 0. The van der Waals surface area contributed by atoms with Crippen molar-refractivity contribution >= 4 is 17.5 Å². The van der Waals surface area contributed by atoms with Gasteiger partial charge in [-0.15, -0.1) is 0 Å². The third-order valence-electron chi connectivity index (χ3n) is 1.83. The molecule has 0 radical (unpaired) electrons. The Morgan fingerprint density at radius 1 is 1.36 bits per heavy atom. The number of rotatable bonds is 0. The Hall–Kier alpha value is -1.44. The van der Waals surface area contributed by atoms with E-state index in [2.05, 4.69) is 17.5 Å². The SMILES string of the molecule is Nc1cccc2c1C=CCN2. The standard InChI is InChI=1S/C9H10N2/c10-8-4-1-5-9-7(8)3-2-6-11-9/h1-5,11H,6,10H2. The maximum Gasteiger partial charge on any atom is 0.0437 e. The van der Waals surface area contributed by atoms with Crippen LogP contribution in [0.15, 0.2) is 24.3 Å². The number of hydrogen-bond acceptors (Lipinski definition) is 2. The number of hydrogen-bond donors (Lipinski definition) is 2. The molecule has 0 atom stereocenters. The highest BCUT2D eigenvalue weighted by atomic mass is 14.9. The lowest BCUT2D eigenvalue weighted by molar-refractivity contribution is 1.31. The molecule has 1 heterocycles. The molecule has 11 heavy (non-hydrogen) atoms. The topological polar surface area (TPSA) is 38.0 Å². The fraction of sp³-hybridized carbons (Fsp3) is 0.111. The highest BCUT2D eigenvalue weighted by Crippen LogP contribution is 2.25. The van der Waals surface area contributed by atoms with Gasteiger partial charge in [-0.2, -0.15) is 0 Å². The summed E-state index contributed by atoms with van der Waals surface area (Å²) >= 11 is 0. The van der Waals surface area contributed by atoms with Crippen LogP contribution in [0.25, 0.3) is 6.08 Å². The fourth-order valence-electron chi connectivity index (χ4n) is 1.27. The predicted octanol–water partition coefficient (Wildman–Crippen LogP) is 1.71. The van der Waals surface area contributed by atoms with Crippen LogP contribution in [0.1, 0.15) is 5.56 Å². The van der Waals surface area contributed by atoms with Crippen LogP contribution >= 0.6 is 0 Å². The van der Waals surface area contributed by atoms with Crippen molar-refractivity contribution in [2.45, 2.75) is 0 Å². The second-order valence-electron chi connectivity index (χ2n) is 2.59. The third kappa shape index (κ3) is 0.963. The van der Waals surface area contributed by atoms with Crippen LogP contribution in [0.2, 0.25) is 0 Å². The zero-order valence-corrected chi connectivity index (χ0v) is 6.17. The molecule has 1 aliphatic rings. The van der Waals surface area contributed by atoms with E-state index in [1.807, 2.05) is 18.2 Å². The average molecular weight is 146 g/mol. The minimum absolute atomic E-state index is 0.839. The van der Waals surface area contributed by atoms with Crippen molar-refractivity contribution in [1.29, 1.82) is 0 Å². The molecule has 0 fully saturated rings. The van der Waals surface area contributed by atoms with Crippen molar-refractivity contribution in [2.24, 2.45) is 0 Å². The summed E-state index contributed by atoms with van der Waals surface area (Å²) in [5.74, 6) is 0. The van der Waals surface area contributed by atoms with Crippen molar-refractivity contribution in [3.63, 3.8) is 0 Å². The Bertz CT molecular complexity index is 302. The molecule has 1 aromatic rings. The predicted molar refractivity (Wildman–Crippen MR) is 48.4 cm³/mol. The van der Waals surface area contributed by atoms with E-state index in [-0.39, 0.29) is 0 Å². The first kappa shape index (κ1) is 6.28. The van der Waals surface area contributed by atoms with Crippen LogP contribution in [0, 0.1) is 0 Å². The molecule has 56 valence electrons. The van der Waals surface area contributed by atoms with E-state index in [0.717, 1.165) is 23.5 Å². The summed E-state index contributed by atoms with van der Waals surface area (Å²) in [6.07, 6.45) is 4.12. The van der Waals surface area contributed by atoms with E-state index >= 15 is 0 Å². The first-order valence-corrected chi connectivity index (χ1v) is 3.67. The first-order valence-electron chi connectivity index (χ1n) is 3.67. The second kappa shape index (κ2) is 2.31. The number of anilines is 2. The summed E-state index contributed by atoms with van der Waals surface area (Å²) in [6.45, 7) is 0.899. The summed E-state index contributed by atoms with van der Waals surface area (Å²) in [5, 5.41) is 3.24. The van der Waals surface area contributed by atoms with Crippen LogP contribution in [-0.4, -0.2) is 6.54 Å².